The average Bonchev–Trinajstić information content (AvgIpc) is 3.62. The summed E-state index contributed by atoms with van der Waals surface area (Å²) in [7, 11) is 0. The van der Waals surface area contributed by atoms with Gasteiger partial charge in [-0.2, -0.15) is 0 Å². The zero-order chi connectivity index (χ0) is 29.8. The second-order valence-corrected chi connectivity index (χ2v) is 13.4. The van der Waals surface area contributed by atoms with Crippen LogP contribution in [0, 0.1) is 0 Å². The highest BCUT2D eigenvalue weighted by Gasteiger charge is 2.48. The second kappa shape index (κ2) is 8.74. The first-order valence-corrected chi connectivity index (χ1v) is 15.5. The zero-order valence-electron chi connectivity index (χ0n) is 25.5. The minimum atomic E-state index is -0.224. The Morgan fingerprint density at radius 1 is 0.545 bits per heavy atom. The van der Waals surface area contributed by atoms with Gasteiger partial charge in [-0.15, -0.1) is 0 Å². The molecule has 9 rings (SSSR count). The lowest BCUT2D eigenvalue weighted by molar-refractivity contribution is 0.600. The summed E-state index contributed by atoms with van der Waals surface area (Å²) >= 11 is 0. The highest BCUT2D eigenvalue weighted by atomic mass is 16.3. The maximum atomic E-state index is 6.83. The third-order valence-corrected chi connectivity index (χ3v) is 10.2. The maximum absolute atomic E-state index is 6.83. The van der Waals surface area contributed by atoms with Crippen molar-refractivity contribution in [1.82, 2.24) is 0 Å². The Kier molecular flexibility index (Phi) is 5.05. The van der Waals surface area contributed by atoms with Crippen molar-refractivity contribution < 1.29 is 4.42 Å². The van der Waals surface area contributed by atoms with Crippen molar-refractivity contribution in [2.75, 3.05) is 5.32 Å². The lowest BCUT2D eigenvalue weighted by Gasteiger charge is -2.31. The van der Waals surface area contributed by atoms with Gasteiger partial charge in [0.05, 0.1) is 0 Å². The number of anilines is 2. The Balaban J connectivity index is 1.30. The molecule has 0 radical (unpaired) electrons. The van der Waals surface area contributed by atoms with Gasteiger partial charge in [-0.3, -0.25) is 0 Å². The van der Waals surface area contributed by atoms with Gasteiger partial charge in [0.15, 0.2) is 0 Å². The predicted molar refractivity (Wildman–Crippen MR) is 184 cm³/mol. The number of nitrogens with one attached hydrogen (secondary N) is 1. The van der Waals surface area contributed by atoms with E-state index in [2.05, 4.69) is 154 Å². The fourth-order valence-corrected chi connectivity index (χ4v) is 8.22. The van der Waals surface area contributed by atoms with Crippen LogP contribution in [-0.2, 0) is 10.8 Å². The molecule has 1 N–H and O–H groups in total. The molecular weight excluding hydrogens is 534 g/mol. The van der Waals surface area contributed by atoms with Crippen LogP contribution in [0.25, 0.3) is 55.3 Å². The third kappa shape index (κ3) is 3.26. The largest absolute Gasteiger partial charge is 0.455 e. The molecule has 7 aromatic rings. The van der Waals surface area contributed by atoms with Gasteiger partial charge in [-0.1, -0.05) is 125 Å². The minimum Gasteiger partial charge on any atom is -0.455 e. The minimum absolute atomic E-state index is 0.141. The molecule has 1 aromatic heterocycles. The van der Waals surface area contributed by atoms with E-state index >= 15 is 0 Å². The Bertz CT molecular complexity index is 2300. The van der Waals surface area contributed by atoms with Crippen LogP contribution in [0.4, 0.5) is 11.4 Å². The van der Waals surface area contributed by atoms with Gasteiger partial charge in [0, 0.05) is 44.1 Å². The molecule has 44 heavy (non-hydrogen) atoms. The Hall–Kier alpha value is -5.08. The molecule has 0 spiro atoms. The van der Waals surface area contributed by atoms with Crippen LogP contribution in [0.1, 0.15) is 49.9 Å². The lowest BCUT2D eigenvalue weighted by atomic mass is 9.72. The van der Waals surface area contributed by atoms with Crippen molar-refractivity contribution in [3.05, 3.63) is 144 Å². The fourth-order valence-electron chi connectivity index (χ4n) is 8.22. The molecule has 0 unspecified atom stereocenters. The van der Waals surface area contributed by atoms with E-state index in [0.717, 1.165) is 22.5 Å². The Morgan fingerprint density at radius 2 is 1.18 bits per heavy atom. The van der Waals surface area contributed by atoms with Crippen molar-refractivity contribution in [3.8, 4) is 33.4 Å². The molecule has 2 aliphatic carbocycles. The molecule has 0 saturated heterocycles. The molecule has 1 heterocycles. The number of para-hydroxylation sites is 2. The zero-order valence-corrected chi connectivity index (χ0v) is 25.5. The maximum Gasteiger partial charge on any atom is 0.144 e. The van der Waals surface area contributed by atoms with Crippen molar-refractivity contribution in [2.45, 2.75) is 38.5 Å². The van der Waals surface area contributed by atoms with Gasteiger partial charge < -0.3 is 9.73 Å². The summed E-state index contributed by atoms with van der Waals surface area (Å²) in [5.41, 5.74) is 16.9. The van der Waals surface area contributed by atoms with Crippen LogP contribution in [0.2, 0.25) is 0 Å². The summed E-state index contributed by atoms with van der Waals surface area (Å²) < 4.78 is 6.83. The fraction of sp³-hybridized carbons (Fsp3) is 0.143. The molecular formula is C42H33NO. The molecule has 0 bridgehead atoms. The van der Waals surface area contributed by atoms with Crippen molar-refractivity contribution in [1.29, 1.82) is 0 Å². The Morgan fingerprint density at radius 3 is 2.02 bits per heavy atom. The summed E-state index contributed by atoms with van der Waals surface area (Å²) in [6.07, 6.45) is 0. The van der Waals surface area contributed by atoms with E-state index in [9.17, 15) is 0 Å². The standard InChI is InChI=1S/C42H33NO/c1-41(2)31-19-11-8-17-28(31)35-36-30-18-10-13-21-34(30)44-40(36)37-29-23-22-26(24-32(29)42(3,4)39(37)38(35)41)43-33-20-12-9-16-27(33)25-14-6-5-7-15-25/h5-24,43H,1-4H3. The van der Waals surface area contributed by atoms with E-state index in [1.807, 2.05) is 0 Å². The van der Waals surface area contributed by atoms with Crippen LogP contribution in [0.3, 0.4) is 0 Å². The second-order valence-electron chi connectivity index (χ2n) is 13.4. The van der Waals surface area contributed by atoms with E-state index in [0.29, 0.717) is 0 Å². The van der Waals surface area contributed by atoms with Gasteiger partial charge in [0.1, 0.15) is 11.2 Å². The highest BCUT2D eigenvalue weighted by Crippen LogP contribution is 2.63. The summed E-state index contributed by atoms with van der Waals surface area (Å²) in [6, 6.07) is 43.6. The molecule has 0 fully saturated rings. The topological polar surface area (TPSA) is 25.2 Å². The molecule has 0 atom stereocenters. The molecule has 0 amide bonds. The van der Waals surface area contributed by atoms with E-state index < -0.39 is 0 Å². The number of fused-ring (bicyclic) bond motifs is 12. The molecule has 0 saturated carbocycles. The SMILES string of the molecule is CC1(C)c2cc(Nc3ccccc3-c3ccccc3)ccc2-c2c1c1c(c3c2oc2ccccc23)-c2ccccc2C1(C)C. The van der Waals surface area contributed by atoms with Gasteiger partial charge in [0.25, 0.3) is 0 Å². The van der Waals surface area contributed by atoms with Crippen molar-refractivity contribution >= 4 is 33.3 Å². The number of benzene rings is 6. The van der Waals surface area contributed by atoms with Crippen LogP contribution in [-0.4, -0.2) is 0 Å². The molecule has 6 aromatic carbocycles. The predicted octanol–water partition coefficient (Wildman–Crippen LogP) is 11.6. The lowest BCUT2D eigenvalue weighted by Crippen LogP contribution is -2.24. The van der Waals surface area contributed by atoms with E-state index in [1.54, 1.807) is 0 Å². The highest BCUT2D eigenvalue weighted by molar-refractivity contribution is 6.20. The van der Waals surface area contributed by atoms with Crippen LogP contribution < -0.4 is 5.32 Å². The number of rotatable bonds is 3. The third-order valence-electron chi connectivity index (χ3n) is 10.2. The van der Waals surface area contributed by atoms with Crippen LogP contribution >= 0.6 is 0 Å². The summed E-state index contributed by atoms with van der Waals surface area (Å²) in [5.74, 6) is 0. The smallest absolute Gasteiger partial charge is 0.144 e. The molecule has 0 aliphatic heterocycles. The first-order chi connectivity index (χ1) is 21.4. The first-order valence-electron chi connectivity index (χ1n) is 15.5. The van der Waals surface area contributed by atoms with E-state index in [4.69, 9.17) is 4.42 Å². The number of hydrogen-bond donors (Lipinski definition) is 1. The number of hydrogen-bond acceptors (Lipinski definition) is 2. The van der Waals surface area contributed by atoms with Gasteiger partial charge in [0.2, 0.25) is 0 Å². The average molecular weight is 568 g/mol. The van der Waals surface area contributed by atoms with Crippen molar-refractivity contribution in [3.63, 3.8) is 0 Å². The monoisotopic (exact) mass is 567 g/mol. The van der Waals surface area contributed by atoms with Gasteiger partial charge in [-0.05, 0) is 68.8 Å². The molecule has 2 heteroatoms. The van der Waals surface area contributed by atoms with Gasteiger partial charge >= 0.3 is 0 Å². The summed E-state index contributed by atoms with van der Waals surface area (Å²) in [4.78, 5) is 0. The van der Waals surface area contributed by atoms with E-state index in [1.165, 1.54) is 66.4 Å². The normalized spacial score (nSPS) is 15.2. The molecule has 2 nitrogen and oxygen atoms in total. The number of furan rings is 1. The first kappa shape index (κ1) is 25.4. The van der Waals surface area contributed by atoms with Gasteiger partial charge in [-0.25, -0.2) is 0 Å². The van der Waals surface area contributed by atoms with Crippen molar-refractivity contribution in [2.24, 2.45) is 0 Å². The molecule has 2 aliphatic rings. The van der Waals surface area contributed by atoms with E-state index in [-0.39, 0.29) is 10.8 Å². The van der Waals surface area contributed by atoms with Crippen LogP contribution in [0.5, 0.6) is 0 Å². The Labute approximate surface area is 258 Å². The summed E-state index contributed by atoms with van der Waals surface area (Å²) in [5, 5.41) is 6.22. The molecule has 212 valence electrons. The summed E-state index contributed by atoms with van der Waals surface area (Å²) in [6.45, 7) is 9.59. The van der Waals surface area contributed by atoms with Crippen LogP contribution in [0.15, 0.2) is 126 Å². The quantitative estimate of drug-likeness (QED) is 0.230.